The molecule has 0 aliphatic carbocycles. The van der Waals surface area contributed by atoms with Gasteiger partial charge in [0.1, 0.15) is 11.4 Å². The second kappa shape index (κ2) is 15.8. The number of benzene rings is 1. The number of carbonyl (C=O) groups excluding carboxylic acids is 1. The zero-order valence-electron chi connectivity index (χ0n) is 22.6. The summed E-state index contributed by atoms with van der Waals surface area (Å²) in [4.78, 5) is 21.2. The fraction of sp³-hybridized carbons (Fsp3) is 0.357. The number of rotatable bonds is 8. The summed E-state index contributed by atoms with van der Waals surface area (Å²) in [5.74, 6) is 0.104. The Morgan fingerprint density at radius 3 is 2.64 bits per heavy atom. The van der Waals surface area contributed by atoms with E-state index in [4.69, 9.17) is 16.7 Å². The van der Waals surface area contributed by atoms with Gasteiger partial charge in [-0.15, -0.1) is 11.6 Å². The first-order valence-corrected chi connectivity index (χ1v) is 13.0. The van der Waals surface area contributed by atoms with E-state index in [1.807, 2.05) is 33.8 Å². The van der Waals surface area contributed by atoms with E-state index in [-0.39, 0.29) is 24.0 Å². The lowest BCUT2D eigenvalue weighted by Crippen LogP contribution is -2.30. The first-order chi connectivity index (χ1) is 18.9. The minimum atomic E-state index is -2.97. The number of allylic oxidation sites excluding steroid dienone is 1. The Kier molecular flexibility index (Phi) is 12.9. The van der Waals surface area contributed by atoms with Gasteiger partial charge in [-0.25, -0.2) is 4.68 Å². The van der Waals surface area contributed by atoms with Crippen molar-refractivity contribution in [2.75, 3.05) is 13.7 Å². The minimum absolute atomic E-state index is 0.00176. The Morgan fingerprint density at radius 2 is 1.97 bits per heavy atom. The molecule has 0 atom stereocenters. The molecule has 7 nitrogen and oxygen atoms in total. The molecule has 0 amide bonds. The van der Waals surface area contributed by atoms with Crippen molar-refractivity contribution in [1.29, 1.82) is 0 Å². The Labute approximate surface area is 231 Å². The van der Waals surface area contributed by atoms with Crippen LogP contribution < -0.4 is 10.1 Å². The van der Waals surface area contributed by atoms with Gasteiger partial charge in [-0.3, -0.25) is 19.2 Å². The molecule has 0 saturated heterocycles. The average molecular weight is 564 g/mol. The highest BCUT2D eigenvalue weighted by Gasteiger charge is 2.24. The number of nitrogens with zero attached hydrogens (tertiary/aromatic N) is 4. The van der Waals surface area contributed by atoms with Gasteiger partial charge < -0.3 is 10.1 Å². The van der Waals surface area contributed by atoms with E-state index in [0.29, 0.717) is 53.2 Å². The van der Waals surface area contributed by atoms with Crippen molar-refractivity contribution in [3.05, 3.63) is 59.4 Å². The maximum absolute atomic E-state index is 12.9. The van der Waals surface area contributed by atoms with Crippen LogP contribution >= 0.6 is 11.6 Å². The topological polar surface area (TPSA) is 81.4 Å². The van der Waals surface area contributed by atoms with Crippen LogP contribution in [0.2, 0.25) is 0 Å². The van der Waals surface area contributed by atoms with Crippen LogP contribution in [0.5, 0.6) is 5.75 Å². The second-order valence-corrected chi connectivity index (χ2v) is 8.19. The Hall–Kier alpha value is -3.50. The number of aliphatic imine (C=N–C) groups is 1. The van der Waals surface area contributed by atoms with Gasteiger partial charge in [0.15, 0.2) is 5.78 Å². The summed E-state index contributed by atoms with van der Waals surface area (Å²) < 4.78 is 41.7. The second-order valence-electron chi connectivity index (χ2n) is 7.93. The fourth-order valence-electron chi connectivity index (χ4n) is 3.90. The van der Waals surface area contributed by atoms with Gasteiger partial charge in [-0.1, -0.05) is 20.8 Å². The van der Waals surface area contributed by atoms with Crippen molar-refractivity contribution in [3.8, 4) is 28.4 Å². The molecule has 1 aliphatic rings. The predicted molar refractivity (Wildman–Crippen MR) is 150 cm³/mol. The average Bonchev–Trinajstić information content (AvgIpc) is 3.40. The maximum Gasteiger partial charge on any atom is 0.387 e. The summed E-state index contributed by atoms with van der Waals surface area (Å²) in [5, 5.41) is 7.86. The number of carbonyl (C=O) groups is 1. The molecule has 1 N–H and O–H groups in total. The van der Waals surface area contributed by atoms with E-state index >= 15 is 0 Å². The van der Waals surface area contributed by atoms with Crippen LogP contribution in [0.25, 0.3) is 28.3 Å². The molecule has 0 radical (unpaired) electrons. The molecule has 11 heteroatoms. The number of hydrogen-bond acceptors (Lipinski definition) is 6. The van der Waals surface area contributed by atoms with Crippen LogP contribution in [0.15, 0.2) is 47.7 Å². The Balaban J connectivity index is 0.00000127. The van der Waals surface area contributed by atoms with Gasteiger partial charge in [0.05, 0.1) is 30.8 Å². The molecule has 0 saturated carbocycles. The van der Waals surface area contributed by atoms with E-state index in [2.05, 4.69) is 20.0 Å². The van der Waals surface area contributed by atoms with E-state index in [9.17, 15) is 18.0 Å². The van der Waals surface area contributed by atoms with Crippen molar-refractivity contribution in [1.82, 2.24) is 20.1 Å². The van der Waals surface area contributed by atoms with Gasteiger partial charge in [0.2, 0.25) is 0 Å². The lowest BCUT2D eigenvalue weighted by Gasteiger charge is -2.17. The number of fused-ring (bicyclic) bond motifs is 1. The number of Topliss-reactive ketones (excluding diaryl/α,β-unsaturated/α-hetero) is 1. The smallest absolute Gasteiger partial charge is 0.387 e. The molecule has 4 rings (SSSR count). The molecule has 0 spiro atoms. The highest BCUT2D eigenvalue weighted by molar-refractivity contribution is 6.17. The van der Waals surface area contributed by atoms with Crippen LogP contribution in [-0.4, -0.2) is 47.1 Å². The normalized spacial score (nSPS) is 13.0. The summed E-state index contributed by atoms with van der Waals surface area (Å²) in [6.45, 7) is 5.60. The molecule has 1 aromatic carbocycles. The summed E-state index contributed by atoms with van der Waals surface area (Å²) in [7, 11) is 0.500. The molecule has 39 heavy (non-hydrogen) atoms. The molecule has 0 unspecified atom stereocenters. The van der Waals surface area contributed by atoms with Crippen molar-refractivity contribution >= 4 is 29.3 Å². The van der Waals surface area contributed by atoms with Crippen molar-refractivity contribution in [3.63, 3.8) is 0 Å². The molecule has 0 fully saturated rings. The number of hydrogen-bond donors (Lipinski definition) is 1. The van der Waals surface area contributed by atoms with Gasteiger partial charge >= 0.3 is 6.61 Å². The van der Waals surface area contributed by atoms with Crippen LogP contribution in [0, 0.1) is 0 Å². The number of alkyl halides is 4. The number of halogens is 4. The first kappa shape index (κ1) is 31.7. The zero-order chi connectivity index (χ0) is 28.9. The van der Waals surface area contributed by atoms with Gasteiger partial charge in [0, 0.05) is 47.7 Å². The number of nitrogens with one attached hydrogen (secondary N) is 1. The third kappa shape index (κ3) is 8.00. The van der Waals surface area contributed by atoms with Gasteiger partial charge in [0.25, 0.3) is 0 Å². The predicted octanol–water partition coefficient (Wildman–Crippen LogP) is 7.15. The Morgan fingerprint density at radius 1 is 1.23 bits per heavy atom. The van der Waals surface area contributed by atoms with E-state index in [1.165, 1.54) is 12.1 Å². The largest absolute Gasteiger partial charge is 0.435 e. The minimum Gasteiger partial charge on any atom is -0.435 e. The molecule has 2 aromatic heterocycles. The summed E-state index contributed by atoms with van der Waals surface area (Å²) >= 11 is 6.03. The summed E-state index contributed by atoms with van der Waals surface area (Å²) in [5.41, 5.74) is 5.00. The molecule has 3 heterocycles. The maximum atomic E-state index is 12.9. The molecule has 0 bridgehead atoms. The van der Waals surface area contributed by atoms with Crippen molar-refractivity contribution < 1.29 is 22.7 Å². The quantitative estimate of drug-likeness (QED) is 0.232. The monoisotopic (exact) mass is 563 g/mol. The zero-order valence-corrected chi connectivity index (χ0v) is 23.4. The standard InChI is InChI=1S/C25H24ClF2N5O2.C2H6.CH3F/c1-3-5-29-12-15(2)33-22(17-7-16(11-26)8-18(9-17)35-25(27)28)10-21(32-33)24-20-13-30-14-23(34)19(20)4-6-31-24;2*1-2/h4-10,12,25,30H,3,11,13-14H2,1-2H3;1-2H3;1H3/b15-12+,29-5?;;. The molecule has 1 aliphatic heterocycles. The van der Waals surface area contributed by atoms with E-state index in [1.54, 1.807) is 35.4 Å². The van der Waals surface area contributed by atoms with Crippen LogP contribution in [-0.2, 0) is 12.4 Å². The third-order valence-corrected chi connectivity index (χ3v) is 5.73. The molecule has 3 aromatic rings. The van der Waals surface area contributed by atoms with Crippen molar-refractivity contribution in [2.24, 2.45) is 4.99 Å². The number of ketones is 1. The summed E-state index contributed by atoms with van der Waals surface area (Å²) in [6, 6.07) is 8.31. The SMILES string of the molecule is CC.CCC=N/C=C(\C)n1nc(-c2nccc3c2CNCC3=O)cc1-c1cc(CCl)cc(OC(F)F)c1.CF. The van der Waals surface area contributed by atoms with E-state index < -0.39 is 6.61 Å². The van der Waals surface area contributed by atoms with Crippen LogP contribution in [0.4, 0.5) is 13.2 Å². The highest BCUT2D eigenvalue weighted by Crippen LogP contribution is 2.34. The molecular weight excluding hydrogens is 531 g/mol. The molecule has 210 valence electrons. The van der Waals surface area contributed by atoms with Gasteiger partial charge in [-0.05, 0) is 49.2 Å². The first-order valence-electron chi connectivity index (χ1n) is 12.4. The number of pyridine rings is 1. The van der Waals surface area contributed by atoms with Gasteiger partial charge in [-0.2, -0.15) is 13.9 Å². The fourth-order valence-corrected chi connectivity index (χ4v) is 4.05. The Bertz CT molecular complexity index is 1310. The van der Waals surface area contributed by atoms with Crippen LogP contribution in [0.1, 0.15) is 55.6 Å². The third-order valence-electron chi connectivity index (χ3n) is 5.42. The highest BCUT2D eigenvalue weighted by atomic mass is 35.5. The lowest BCUT2D eigenvalue weighted by atomic mass is 9.97. The lowest BCUT2D eigenvalue weighted by molar-refractivity contribution is -0.0498. The molecular formula is C28H33ClF3N5O2. The number of aromatic nitrogens is 3. The number of ether oxygens (including phenoxy) is 1. The van der Waals surface area contributed by atoms with Crippen LogP contribution in [0.3, 0.4) is 0 Å². The van der Waals surface area contributed by atoms with E-state index in [0.717, 1.165) is 12.0 Å². The summed E-state index contributed by atoms with van der Waals surface area (Å²) in [6.07, 6.45) is 5.80. The van der Waals surface area contributed by atoms with Crippen molar-refractivity contribution in [2.45, 2.75) is 53.2 Å².